The molecule has 9 nitrogen and oxygen atoms in total. The molecule has 1 unspecified atom stereocenters. The molecule has 0 saturated heterocycles. The molecule has 4 rings (SSSR count). The highest BCUT2D eigenvalue weighted by atomic mass is 35.5. The van der Waals surface area contributed by atoms with Crippen molar-refractivity contribution in [3.63, 3.8) is 0 Å². The van der Waals surface area contributed by atoms with Crippen molar-refractivity contribution in [1.82, 2.24) is 10.6 Å². The van der Waals surface area contributed by atoms with E-state index in [0.29, 0.717) is 34.7 Å². The summed E-state index contributed by atoms with van der Waals surface area (Å²) in [6.07, 6.45) is 1.15. The number of aliphatic carboxylic acids is 1. The minimum absolute atomic E-state index is 0.0467. The van der Waals surface area contributed by atoms with Gasteiger partial charge in [0.15, 0.2) is 0 Å². The Bertz CT molecular complexity index is 1810. The van der Waals surface area contributed by atoms with Gasteiger partial charge in [-0.2, -0.15) is 0 Å². The average molecular weight is 657 g/mol. The predicted molar refractivity (Wildman–Crippen MR) is 172 cm³/mol. The van der Waals surface area contributed by atoms with E-state index in [1.54, 1.807) is 54.6 Å². The first-order valence-electron chi connectivity index (χ1n) is 13.8. The number of benzene rings is 4. The highest BCUT2D eigenvalue weighted by Crippen LogP contribution is 2.36. The Morgan fingerprint density at radius 2 is 1.55 bits per heavy atom. The summed E-state index contributed by atoms with van der Waals surface area (Å²) in [6.45, 7) is 2.01. The van der Waals surface area contributed by atoms with Crippen molar-refractivity contribution >= 4 is 67.5 Å². The molecule has 0 aliphatic carbocycles. The Morgan fingerprint density at radius 1 is 0.886 bits per heavy atom. The van der Waals surface area contributed by atoms with Gasteiger partial charge in [0.1, 0.15) is 6.04 Å². The molecule has 0 spiro atoms. The Hall–Kier alpha value is -4.12. The smallest absolute Gasteiger partial charge is 0.327 e. The van der Waals surface area contributed by atoms with E-state index in [9.17, 15) is 27.9 Å². The third-order valence-corrected chi connectivity index (χ3v) is 9.28. The Morgan fingerprint density at radius 3 is 2.20 bits per heavy atom. The fourth-order valence-corrected chi connectivity index (χ4v) is 7.31. The molecular formula is C32H31Cl2N3O6S. The lowest BCUT2D eigenvalue weighted by atomic mass is 10.0. The van der Waals surface area contributed by atoms with Crippen molar-refractivity contribution in [2.45, 2.75) is 43.7 Å². The van der Waals surface area contributed by atoms with Crippen LogP contribution in [0.2, 0.25) is 10.0 Å². The monoisotopic (exact) mass is 655 g/mol. The van der Waals surface area contributed by atoms with E-state index in [0.717, 1.165) is 4.31 Å². The van der Waals surface area contributed by atoms with Crippen LogP contribution in [0.15, 0.2) is 83.8 Å². The molecule has 0 aliphatic rings. The van der Waals surface area contributed by atoms with Crippen molar-refractivity contribution in [1.29, 1.82) is 0 Å². The number of anilines is 1. The van der Waals surface area contributed by atoms with Crippen molar-refractivity contribution < 1.29 is 27.9 Å². The van der Waals surface area contributed by atoms with Crippen LogP contribution in [0.1, 0.15) is 52.5 Å². The molecule has 0 saturated carbocycles. The quantitative estimate of drug-likeness (QED) is 0.165. The minimum atomic E-state index is -4.51. The number of rotatable bonds is 12. The topological polar surface area (TPSA) is 133 Å². The maximum absolute atomic E-state index is 14.2. The summed E-state index contributed by atoms with van der Waals surface area (Å²) in [7, 11) is -2.98. The molecule has 0 radical (unpaired) electrons. The zero-order valence-corrected chi connectivity index (χ0v) is 26.3. The molecular weight excluding hydrogens is 625 g/mol. The van der Waals surface area contributed by atoms with Gasteiger partial charge in [-0.1, -0.05) is 79.4 Å². The molecule has 3 N–H and O–H groups in total. The van der Waals surface area contributed by atoms with E-state index < -0.39 is 27.9 Å². The molecule has 4 aromatic carbocycles. The van der Waals surface area contributed by atoms with Gasteiger partial charge >= 0.3 is 5.97 Å². The number of carboxylic acids is 1. The first kappa shape index (κ1) is 32.8. The van der Waals surface area contributed by atoms with Crippen LogP contribution in [-0.2, 0) is 21.4 Å². The highest BCUT2D eigenvalue weighted by molar-refractivity contribution is 7.93. The van der Waals surface area contributed by atoms with Gasteiger partial charge in [-0.3, -0.25) is 13.9 Å². The van der Waals surface area contributed by atoms with Crippen LogP contribution < -0.4 is 14.9 Å². The summed E-state index contributed by atoms with van der Waals surface area (Å²) in [4.78, 5) is 37.8. The molecule has 4 aromatic rings. The Balaban J connectivity index is 1.80. The van der Waals surface area contributed by atoms with Crippen LogP contribution in [0.3, 0.4) is 0 Å². The number of hydrogen-bond acceptors (Lipinski definition) is 5. The molecule has 0 bridgehead atoms. The number of nitrogens with zero attached hydrogens (tertiary/aromatic N) is 1. The van der Waals surface area contributed by atoms with Crippen LogP contribution in [0.25, 0.3) is 10.8 Å². The maximum Gasteiger partial charge on any atom is 0.327 e. The summed E-state index contributed by atoms with van der Waals surface area (Å²) >= 11 is 12.3. The lowest BCUT2D eigenvalue weighted by molar-refractivity contribution is -0.138. The standard InChI is InChI=1S/C32H31Cl2N3O6S/c1-3-4-13-29(32(40)41)37(44(42,43)24-17-22(33)16-23(34)18-24)28-14-7-10-25-26(28)11-6-12-27(25)31(39)36-19-20-8-5-9-21(15-20)30(38)35-2/h5-12,14-18,29H,3-4,13,19H2,1-2H3,(H,35,38)(H,36,39)(H,40,41). The van der Waals surface area contributed by atoms with Gasteiger partial charge in [0, 0.05) is 40.2 Å². The number of fused-ring (bicyclic) bond motifs is 1. The lowest BCUT2D eigenvalue weighted by Crippen LogP contribution is -2.45. The number of nitrogens with one attached hydrogen (secondary N) is 2. The molecule has 0 aromatic heterocycles. The van der Waals surface area contributed by atoms with Gasteiger partial charge in [0.25, 0.3) is 21.8 Å². The first-order chi connectivity index (χ1) is 21.0. The summed E-state index contributed by atoms with van der Waals surface area (Å²) in [6, 6.07) is 18.8. The zero-order valence-electron chi connectivity index (χ0n) is 24.0. The number of halogens is 2. The summed E-state index contributed by atoms with van der Waals surface area (Å²) in [5, 5.41) is 16.6. The fraction of sp³-hybridized carbons (Fsp3) is 0.219. The van der Waals surface area contributed by atoms with Crippen molar-refractivity contribution in [2.24, 2.45) is 0 Å². The van der Waals surface area contributed by atoms with Crippen molar-refractivity contribution in [3.8, 4) is 0 Å². The molecule has 2 amide bonds. The summed E-state index contributed by atoms with van der Waals surface area (Å²) in [5.41, 5.74) is 1.51. The predicted octanol–water partition coefficient (Wildman–Crippen LogP) is 6.27. The average Bonchev–Trinajstić information content (AvgIpc) is 3.00. The highest BCUT2D eigenvalue weighted by Gasteiger charge is 2.37. The number of carbonyl (C=O) groups is 3. The van der Waals surface area contributed by atoms with Crippen LogP contribution in [0.4, 0.5) is 5.69 Å². The summed E-state index contributed by atoms with van der Waals surface area (Å²) < 4.78 is 29.3. The van der Waals surface area contributed by atoms with Crippen molar-refractivity contribution in [3.05, 3.63) is 106 Å². The summed E-state index contributed by atoms with van der Waals surface area (Å²) in [5.74, 6) is -2.01. The second-order valence-corrected chi connectivity index (χ2v) is 12.7. The van der Waals surface area contributed by atoms with E-state index in [1.165, 1.54) is 31.3 Å². The number of carboxylic acid groups (broad SMARTS) is 1. The molecule has 0 aliphatic heterocycles. The van der Waals surface area contributed by atoms with Crippen LogP contribution in [0, 0.1) is 0 Å². The van der Waals surface area contributed by atoms with E-state index in [1.807, 2.05) is 6.92 Å². The number of hydrogen-bond donors (Lipinski definition) is 3. The molecule has 12 heteroatoms. The third kappa shape index (κ3) is 7.15. The zero-order chi connectivity index (χ0) is 32.0. The first-order valence-corrected chi connectivity index (χ1v) is 16.0. The van der Waals surface area contributed by atoms with Gasteiger partial charge in [0.05, 0.1) is 10.6 Å². The van der Waals surface area contributed by atoms with Gasteiger partial charge < -0.3 is 15.7 Å². The van der Waals surface area contributed by atoms with Crippen molar-refractivity contribution in [2.75, 3.05) is 11.4 Å². The Kier molecular flexibility index (Phi) is 10.5. The van der Waals surface area contributed by atoms with Gasteiger partial charge in [0.2, 0.25) is 0 Å². The van der Waals surface area contributed by atoms with E-state index >= 15 is 0 Å². The second-order valence-electron chi connectivity index (χ2n) is 10.0. The normalized spacial score (nSPS) is 12.0. The fourth-order valence-electron chi connectivity index (χ4n) is 4.92. The molecule has 44 heavy (non-hydrogen) atoms. The van der Waals surface area contributed by atoms with Crippen LogP contribution >= 0.6 is 23.2 Å². The minimum Gasteiger partial charge on any atom is -0.480 e. The number of unbranched alkanes of at least 4 members (excludes halogenated alkanes) is 1. The lowest BCUT2D eigenvalue weighted by Gasteiger charge is -2.31. The number of sulfonamides is 1. The largest absolute Gasteiger partial charge is 0.480 e. The van der Waals surface area contributed by atoms with Gasteiger partial charge in [-0.05, 0) is 59.8 Å². The van der Waals surface area contributed by atoms with Gasteiger partial charge in [-0.15, -0.1) is 0 Å². The van der Waals surface area contributed by atoms with Gasteiger partial charge in [-0.25, -0.2) is 13.2 Å². The molecule has 230 valence electrons. The van der Waals surface area contributed by atoms with Crippen LogP contribution in [-0.4, -0.2) is 44.4 Å². The molecule has 1 atom stereocenters. The Labute approximate surface area is 265 Å². The number of amides is 2. The van der Waals surface area contributed by atoms with Crippen LogP contribution in [0.5, 0.6) is 0 Å². The SMILES string of the molecule is CCCCC(C(=O)O)N(c1cccc2c(C(=O)NCc3cccc(C(=O)NC)c3)cccc12)S(=O)(=O)c1cc(Cl)cc(Cl)c1. The maximum atomic E-state index is 14.2. The molecule has 0 heterocycles. The number of carbonyl (C=O) groups excluding carboxylic acids is 2. The third-order valence-electron chi connectivity index (χ3n) is 7.04. The second kappa shape index (κ2) is 14.1. The van der Waals surface area contributed by atoms with E-state index in [-0.39, 0.29) is 45.1 Å². The van der Waals surface area contributed by atoms with E-state index in [4.69, 9.17) is 23.2 Å². The van der Waals surface area contributed by atoms with E-state index in [2.05, 4.69) is 10.6 Å². The molecule has 0 fully saturated rings.